The molecule has 1 N–H and O–H groups in total. The zero-order valence-electron chi connectivity index (χ0n) is 12.5. The van der Waals surface area contributed by atoms with Gasteiger partial charge in [-0.3, -0.25) is 9.59 Å². The lowest BCUT2D eigenvalue weighted by Crippen LogP contribution is -2.59. The number of hydrogen-bond acceptors (Lipinski definition) is 4. The van der Waals surface area contributed by atoms with E-state index >= 15 is 0 Å². The van der Waals surface area contributed by atoms with Crippen molar-refractivity contribution in [1.82, 2.24) is 15.1 Å². The van der Waals surface area contributed by atoms with Gasteiger partial charge in [0.05, 0.1) is 4.88 Å². The number of amides is 2. The lowest BCUT2D eigenvalue weighted by atomic mass is 10.1. The number of nitrogens with one attached hydrogen (secondary N) is 1. The highest BCUT2D eigenvalue weighted by Crippen LogP contribution is 2.31. The third-order valence-electron chi connectivity index (χ3n) is 4.19. The van der Waals surface area contributed by atoms with Gasteiger partial charge in [-0.05, 0) is 30.9 Å². The molecule has 114 valence electrons. The summed E-state index contributed by atoms with van der Waals surface area (Å²) in [6.45, 7) is 1.87. The first-order valence-electron chi connectivity index (χ1n) is 7.42. The lowest BCUT2D eigenvalue weighted by Gasteiger charge is -2.36. The average Bonchev–Trinajstić information content (AvgIpc) is 3.06. The molecule has 21 heavy (non-hydrogen) atoms. The van der Waals surface area contributed by atoms with Gasteiger partial charge in [0.15, 0.2) is 0 Å². The van der Waals surface area contributed by atoms with Crippen LogP contribution in [0.4, 0.5) is 0 Å². The molecule has 1 aliphatic heterocycles. The Morgan fingerprint density at radius 2 is 2.19 bits per heavy atom. The van der Waals surface area contributed by atoms with Gasteiger partial charge in [0, 0.05) is 38.6 Å². The van der Waals surface area contributed by atoms with Gasteiger partial charge < -0.3 is 15.1 Å². The molecule has 1 aromatic heterocycles. The molecule has 1 unspecified atom stereocenters. The van der Waals surface area contributed by atoms with Crippen molar-refractivity contribution in [3.63, 3.8) is 0 Å². The van der Waals surface area contributed by atoms with Gasteiger partial charge in [0.25, 0.3) is 5.91 Å². The number of carbonyl (C=O) groups excluding carboxylic acids is 2. The molecular weight excluding hydrogens is 286 g/mol. The van der Waals surface area contributed by atoms with Gasteiger partial charge in [-0.1, -0.05) is 0 Å². The largest absolute Gasteiger partial charge is 0.347 e. The first kappa shape index (κ1) is 14.5. The fourth-order valence-electron chi connectivity index (χ4n) is 3.04. The van der Waals surface area contributed by atoms with Gasteiger partial charge in [-0.2, -0.15) is 0 Å². The molecule has 0 spiro atoms. The van der Waals surface area contributed by atoms with Crippen LogP contribution in [0.15, 0.2) is 6.07 Å². The number of nitrogens with zero attached hydrogens (tertiary/aromatic N) is 2. The van der Waals surface area contributed by atoms with Gasteiger partial charge in [0.2, 0.25) is 5.91 Å². The fourth-order valence-corrected chi connectivity index (χ4v) is 4.25. The molecule has 5 nitrogen and oxygen atoms in total. The summed E-state index contributed by atoms with van der Waals surface area (Å²) in [5.41, 5.74) is 1.33. The molecule has 1 aromatic rings. The Morgan fingerprint density at radius 3 is 2.90 bits per heavy atom. The fraction of sp³-hybridized carbons (Fsp3) is 0.600. The molecule has 2 heterocycles. The topological polar surface area (TPSA) is 52.7 Å². The summed E-state index contributed by atoms with van der Waals surface area (Å²) in [5, 5.41) is 3.21. The summed E-state index contributed by atoms with van der Waals surface area (Å²) < 4.78 is 0. The smallest absolute Gasteiger partial charge is 0.264 e. The van der Waals surface area contributed by atoms with Crippen molar-refractivity contribution in [2.75, 3.05) is 33.7 Å². The van der Waals surface area contributed by atoms with Crippen LogP contribution in [0.2, 0.25) is 0 Å². The van der Waals surface area contributed by atoms with Gasteiger partial charge in [0.1, 0.15) is 6.04 Å². The second kappa shape index (κ2) is 5.77. The molecule has 0 bridgehead atoms. The summed E-state index contributed by atoms with van der Waals surface area (Å²) >= 11 is 1.61. The number of likely N-dealkylation sites (N-methyl/N-ethyl adjacent to an activating group) is 1. The van der Waals surface area contributed by atoms with Gasteiger partial charge in [-0.15, -0.1) is 11.3 Å². The minimum absolute atomic E-state index is 0.0103. The van der Waals surface area contributed by atoms with E-state index in [1.165, 1.54) is 16.9 Å². The minimum Gasteiger partial charge on any atom is -0.347 e. The summed E-state index contributed by atoms with van der Waals surface area (Å²) in [7, 11) is 3.47. The standard InChI is InChI=1S/C15H21N3O2S/c1-17(2)14(19)11-9-16-6-7-18(11)15(20)13-8-10-4-3-5-12(10)21-13/h8,11,16H,3-7,9H2,1-2H3. The Morgan fingerprint density at radius 1 is 1.38 bits per heavy atom. The maximum atomic E-state index is 12.8. The summed E-state index contributed by atoms with van der Waals surface area (Å²) in [6.07, 6.45) is 3.38. The van der Waals surface area contributed by atoms with Crippen molar-refractivity contribution < 1.29 is 9.59 Å². The molecule has 0 saturated carbocycles. The van der Waals surface area contributed by atoms with Crippen LogP contribution in [0.5, 0.6) is 0 Å². The Kier molecular flexibility index (Phi) is 3.99. The van der Waals surface area contributed by atoms with E-state index in [9.17, 15) is 9.59 Å². The zero-order chi connectivity index (χ0) is 15.0. The number of fused-ring (bicyclic) bond motifs is 1. The number of piperazine rings is 1. The maximum Gasteiger partial charge on any atom is 0.264 e. The lowest BCUT2D eigenvalue weighted by molar-refractivity contribution is -0.134. The summed E-state index contributed by atoms with van der Waals surface area (Å²) in [4.78, 5) is 30.5. The number of hydrogen-bond donors (Lipinski definition) is 1. The molecule has 2 amide bonds. The Hall–Kier alpha value is -1.40. The van der Waals surface area contributed by atoms with E-state index in [1.807, 2.05) is 6.07 Å². The van der Waals surface area contributed by atoms with Crippen molar-refractivity contribution >= 4 is 23.2 Å². The first-order valence-corrected chi connectivity index (χ1v) is 8.24. The molecule has 1 aliphatic carbocycles. The van der Waals surface area contributed by atoms with Crippen molar-refractivity contribution in [3.05, 3.63) is 21.4 Å². The quantitative estimate of drug-likeness (QED) is 0.877. The normalized spacial score (nSPS) is 21.2. The third kappa shape index (κ3) is 2.70. The van der Waals surface area contributed by atoms with Crippen molar-refractivity contribution in [2.45, 2.75) is 25.3 Å². The molecule has 1 atom stereocenters. The van der Waals surface area contributed by atoms with Crippen LogP contribution >= 0.6 is 11.3 Å². The highest BCUT2D eigenvalue weighted by Gasteiger charge is 2.34. The van der Waals surface area contributed by atoms with Crippen LogP contribution in [-0.4, -0.2) is 61.4 Å². The van der Waals surface area contributed by atoms with Crippen LogP contribution in [0, 0.1) is 0 Å². The van der Waals surface area contributed by atoms with Crippen molar-refractivity contribution in [2.24, 2.45) is 0 Å². The van der Waals surface area contributed by atoms with E-state index in [2.05, 4.69) is 5.32 Å². The molecule has 3 rings (SSSR count). The Bertz CT molecular complexity index is 546. The molecule has 1 fully saturated rings. The molecule has 0 radical (unpaired) electrons. The van der Waals surface area contributed by atoms with E-state index in [1.54, 1.807) is 35.2 Å². The zero-order valence-corrected chi connectivity index (χ0v) is 13.3. The maximum absolute atomic E-state index is 12.8. The number of carbonyl (C=O) groups is 2. The Balaban J connectivity index is 1.82. The van der Waals surface area contributed by atoms with Crippen LogP contribution in [0.1, 0.15) is 26.5 Å². The molecule has 1 saturated heterocycles. The van der Waals surface area contributed by atoms with E-state index < -0.39 is 6.04 Å². The van der Waals surface area contributed by atoms with Crippen molar-refractivity contribution in [3.8, 4) is 0 Å². The second-order valence-electron chi connectivity index (χ2n) is 5.86. The van der Waals surface area contributed by atoms with Crippen LogP contribution in [-0.2, 0) is 17.6 Å². The minimum atomic E-state index is -0.391. The highest BCUT2D eigenvalue weighted by atomic mass is 32.1. The van der Waals surface area contributed by atoms with Crippen LogP contribution < -0.4 is 5.32 Å². The van der Waals surface area contributed by atoms with E-state index in [0.29, 0.717) is 13.1 Å². The van der Waals surface area contributed by atoms with E-state index in [0.717, 1.165) is 24.3 Å². The number of thiophene rings is 1. The average molecular weight is 307 g/mol. The van der Waals surface area contributed by atoms with Gasteiger partial charge in [-0.25, -0.2) is 0 Å². The monoisotopic (exact) mass is 307 g/mol. The molecule has 2 aliphatic rings. The van der Waals surface area contributed by atoms with Crippen molar-refractivity contribution in [1.29, 1.82) is 0 Å². The number of aryl methyl sites for hydroxylation is 2. The summed E-state index contributed by atoms with van der Waals surface area (Å²) in [6, 6.07) is 1.65. The molecule has 6 heteroatoms. The molecular formula is C15H21N3O2S. The predicted octanol–water partition coefficient (Wildman–Crippen LogP) is 0.739. The third-order valence-corrected chi connectivity index (χ3v) is 5.41. The number of rotatable bonds is 2. The first-order chi connectivity index (χ1) is 10.1. The van der Waals surface area contributed by atoms with E-state index in [-0.39, 0.29) is 11.8 Å². The second-order valence-corrected chi connectivity index (χ2v) is 7.00. The van der Waals surface area contributed by atoms with Gasteiger partial charge >= 0.3 is 0 Å². The highest BCUT2D eigenvalue weighted by molar-refractivity contribution is 7.14. The van der Waals surface area contributed by atoms with Crippen LogP contribution in [0.3, 0.4) is 0 Å². The Labute approximate surface area is 128 Å². The predicted molar refractivity (Wildman–Crippen MR) is 82.7 cm³/mol. The SMILES string of the molecule is CN(C)C(=O)C1CNCCN1C(=O)c1cc2c(s1)CCC2. The van der Waals surface area contributed by atoms with Crippen LogP contribution in [0.25, 0.3) is 0 Å². The summed E-state index contributed by atoms with van der Waals surface area (Å²) in [5.74, 6) is -0.00394. The molecule has 0 aromatic carbocycles. The van der Waals surface area contributed by atoms with E-state index in [4.69, 9.17) is 0 Å².